The number of anilines is 2. The van der Waals surface area contributed by atoms with Gasteiger partial charge in [-0.25, -0.2) is 9.37 Å². The molecule has 3 aromatic rings. The molecule has 0 radical (unpaired) electrons. The third kappa shape index (κ3) is 4.95. The zero-order valence-corrected chi connectivity index (χ0v) is 16.0. The van der Waals surface area contributed by atoms with Gasteiger partial charge in [0.1, 0.15) is 5.82 Å². The smallest absolute Gasteiger partial charge is 0.237 e. The van der Waals surface area contributed by atoms with Gasteiger partial charge >= 0.3 is 0 Å². The molecular formula is C19H18FN5O2S. The summed E-state index contributed by atoms with van der Waals surface area (Å²) in [6.45, 7) is 3.15. The van der Waals surface area contributed by atoms with Crippen LogP contribution in [0.4, 0.5) is 15.8 Å². The number of carbonyl (C=O) groups excluding carboxylic acids is 2. The van der Waals surface area contributed by atoms with Crippen molar-refractivity contribution in [3.8, 4) is 11.4 Å². The van der Waals surface area contributed by atoms with E-state index in [2.05, 4.69) is 25.8 Å². The van der Waals surface area contributed by atoms with E-state index in [0.717, 1.165) is 11.8 Å². The number of aromatic nitrogens is 3. The van der Waals surface area contributed by atoms with Crippen molar-refractivity contribution in [3.05, 3.63) is 54.3 Å². The predicted molar refractivity (Wildman–Crippen MR) is 106 cm³/mol. The van der Waals surface area contributed by atoms with Crippen molar-refractivity contribution in [2.75, 3.05) is 10.6 Å². The van der Waals surface area contributed by atoms with Crippen molar-refractivity contribution in [1.29, 1.82) is 0 Å². The van der Waals surface area contributed by atoms with Crippen LogP contribution in [0, 0.1) is 5.82 Å². The summed E-state index contributed by atoms with van der Waals surface area (Å²) in [5.74, 6) is -0.483. The second-order valence-corrected chi connectivity index (χ2v) is 7.26. The zero-order chi connectivity index (χ0) is 20.1. The summed E-state index contributed by atoms with van der Waals surface area (Å²) in [7, 11) is 0. The molecule has 0 spiro atoms. The van der Waals surface area contributed by atoms with Crippen molar-refractivity contribution in [3.63, 3.8) is 0 Å². The molecule has 3 N–H and O–H groups in total. The van der Waals surface area contributed by atoms with Crippen molar-refractivity contribution in [2.24, 2.45) is 0 Å². The van der Waals surface area contributed by atoms with Crippen LogP contribution in [0.2, 0.25) is 0 Å². The first kappa shape index (κ1) is 19.6. The van der Waals surface area contributed by atoms with E-state index in [9.17, 15) is 14.0 Å². The van der Waals surface area contributed by atoms with Gasteiger partial charge in [0.2, 0.25) is 17.0 Å². The Balaban J connectivity index is 1.60. The lowest BCUT2D eigenvalue weighted by atomic mass is 10.2. The molecule has 0 bridgehead atoms. The number of thioether (sulfide) groups is 1. The largest absolute Gasteiger partial charge is 0.326 e. The molecule has 144 valence electrons. The Bertz CT molecular complexity index is 990. The van der Waals surface area contributed by atoms with Gasteiger partial charge in [-0.1, -0.05) is 23.9 Å². The molecule has 0 fully saturated rings. The van der Waals surface area contributed by atoms with Crippen molar-refractivity contribution in [2.45, 2.75) is 24.3 Å². The van der Waals surface area contributed by atoms with Crippen LogP contribution in [0.3, 0.4) is 0 Å². The van der Waals surface area contributed by atoms with Gasteiger partial charge in [-0.15, -0.1) is 5.10 Å². The SMILES string of the molecule is CC(=O)Nc1ccc(NC(=O)C(C)Sc2n[nH]c(-c3ccccc3F)n2)cc1. The monoisotopic (exact) mass is 399 g/mol. The maximum Gasteiger partial charge on any atom is 0.237 e. The van der Waals surface area contributed by atoms with E-state index in [0.29, 0.717) is 27.9 Å². The van der Waals surface area contributed by atoms with Crippen LogP contribution in [0.1, 0.15) is 13.8 Å². The summed E-state index contributed by atoms with van der Waals surface area (Å²) in [5, 5.41) is 12.1. The minimum atomic E-state index is -0.473. The standard InChI is InChI=1S/C19H18FN5O2S/c1-11(18(27)22-14-9-7-13(8-10-14)21-12(2)26)28-19-23-17(24-25-19)15-5-3-4-6-16(15)20/h3-11H,1-2H3,(H,21,26)(H,22,27)(H,23,24,25). The van der Waals surface area contributed by atoms with Crippen LogP contribution in [0.15, 0.2) is 53.7 Å². The van der Waals surface area contributed by atoms with E-state index < -0.39 is 11.1 Å². The van der Waals surface area contributed by atoms with Gasteiger partial charge in [-0.3, -0.25) is 14.7 Å². The number of nitrogens with one attached hydrogen (secondary N) is 3. The fourth-order valence-corrected chi connectivity index (χ4v) is 3.09. The van der Waals surface area contributed by atoms with Gasteiger partial charge in [0.05, 0.1) is 10.8 Å². The minimum Gasteiger partial charge on any atom is -0.326 e. The Labute approximate surface area is 165 Å². The number of halogens is 1. The summed E-state index contributed by atoms with van der Waals surface area (Å²) in [6, 6.07) is 13.0. The van der Waals surface area contributed by atoms with Gasteiger partial charge in [0.25, 0.3) is 0 Å². The third-order valence-corrected chi connectivity index (χ3v) is 4.68. The number of carbonyl (C=O) groups is 2. The second-order valence-electron chi connectivity index (χ2n) is 5.95. The zero-order valence-electron chi connectivity index (χ0n) is 15.2. The summed E-state index contributed by atoms with van der Waals surface area (Å²) in [4.78, 5) is 27.7. The van der Waals surface area contributed by atoms with Gasteiger partial charge < -0.3 is 10.6 Å². The Kier molecular flexibility index (Phi) is 6.05. The lowest BCUT2D eigenvalue weighted by molar-refractivity contribution is -0.115. The first-order chi connectivity index (χ1) is 13.4. The maximum atomic E-state index is 13.8. The third-order valence-electron chi connectivity index (χ3n) is 3.72. The van der Waals surface area contributed by atoms with Crippen LogP contribution in [-0.4, -0.2) is 32.2 Å². The van der Waals surface area contributed by atoms with Gasteiger partial charge in [-0.2, -0.15) is 0 Å². The molecule has 3 rings (SSSR count). The van der Waals surface area contributed by atoms with Crippen molar-refractivity contribution in [1.82, 2.24) is 15.2 Å². The van der Waals surface area contributed by atoms with Crippen LogP contribution in [0.5, 0.6) is 0 Å². The number of hydrogen-bond acceptors (Lipinski definition) is 5. The van der Waals surface area contributed by atoms with Crippen molar-refractivity contribution < 1.29 is 14.0 Å². The van der Waals surface area contributed by atoms with Gasteiger partial charge in [-0.05, 0) is 43.3 Å². The highest BCUT2D eigenvalue weighted by Gasteiger charge is 2.18. The van der Waals surface area contributed by atoms with E-state index in [1.165, 1.54) is 13.0 Å². The number of rotatable bonds is 6. The lowest BCUT2D eigenvalue weighted by Gasteiger charge is -2.10. The Morgan fingerprint density at radius 3 is 2.36 bits per heavy atom. The highest BCUT2D eigenvalue weighted by molar-refractivity contribution is 8.00. The Morgan fingerprint density at radius 1 is 1.07 bits per heavy atom. The fourth-order valence-electron chi connectivity index (χ4n) is 2.37. The lowest BCUT2D eigenvalue weighted by Crippen LogP contribution is -2.22. The number of benzene rings is 2. The first-order valence-electron chi connectivity index (χ1n) is 8.45. The molecule has 0 aliphatic carbocycles. The molecule has 7 nitrogen and oxygen atoms in total. The number of amides is 2. The number of aromatic amines is 1. The highest BCUT2D eigenvalue weighted by Crippen LogP contribution is 2.25. The molecule has 0 saturated heterocycles. The second kappa shape index (κ2) is 8.66. The summed E-state index contributed by atoms with van der Waals surface area (Å²) >= 11 is 1.16. The normalized spacial score (nSPS) is 11.7. The molecule has 28 heavy (non-hydrogen) atoms. The predicted octanol–water partition coefficient (Wildman–Crippen LogP) is 3.69. The van der Waals surface area contributed by atoms with E-state index in [1.54, 1.807) is 49.4 Å². The van der Waals surface area contributed by atoms with Gasteiger partial charge in [0, 0.05) is 18.3 Å². The molecular weight excluding hydrogens is 381 g/mol. The quantitative estimate of drug-likeness (QED) is 0.549. The van der Waals surface area contributed by atoms with E-state index in [4.69, 9.17) is 0 Å². The highest BCUT2D eigenvalue weighted by atomic mass is 32.2. The number of hydrogen-bond donors (Lipinski definition) is 3. The van der Waals surface area contributed by atoms with Crippen LogP contribution >= 0.6 is 11.8 Å². The first-order valence-corrected chi connectivity index (χ1v) is 9.33. The maximum absolute atomic E-state index is 13.8. The van der Waals surface area contributed by atoms with Crippen LogP contribution < -0.4 is 10.6 Å². The van der Waals surface area contributed by atoms with E-state index in [-0.39, 0.29) is 11.8 Å². The summed E-state index contributed by atoms with van der Waals surface area (Å²) < 4.78 is 13.8. The van der Waals surface area contributed by atoms with Crippen molar-refractivity contribution >= 4 is 35.0 Å². The fraction of sp³-hybridized carbons (Fsp3) is 0.158. The molecule has 2 amide bonds. The topological polar surface area (TPSA) is 99.8 Å². The average Bonchev–Trinajstić information content (AvgIpc) is 3.11. The van der Waals surface area contributed by atoms with Crippen LogP contribution in [-0.2, 0) is 9.59 Å². The van der Waals surface area contributed by atoms with E-state index >= 15 is 0 Å². The molecule has 1 unspecified atom stereocenters. The molecule has 2 aromatic carbocycles. The molecule has 0 aliphatic rings. The molecule has 1 aromatic heterocycles. The molecule has 0 aliphatic heterocycles. The minimum absolute atomic E-state index is 0.164. The molecule has 0 saturated carbocycles. The average molecular weight is 399 g/mol. The molecule has 9 heteroatoms. The Hall–Kier alpha value is -3.20. The number of H-pyrrole nitrogens is 1. The molecule has 1 heterocycles. The molecule has 1 atom stereocenters. The van der Waals surface area contributed by atoms with Crippen LogP contribution in [0.25, 0.3) is 11.4 Å². The number of nitrogens with zero attached hydrogens (tertiary/aromatic N) is 2. The van der Waals surface area contributed by atoms with E-state index in [1.807, 2.05) is 0 Å². The van der Waals surface area contributed by atoms with Gasteiger partial charge in [0.15, 0.2) is 5.82 Å². The summed E-state index contributed by atoms with van der Waals surface area (Å²) in [5.41, 5.74) is 1.57. The summed E-state index contributed by atoms with van der Waals surface area (Å²) in [6.07, 6.45) is 0. The Morgan fingerprint density at radius 2 is 1.71 bits per heavy atom.